The first-order valence-electron chi connectivity index (χ1n) is 23.1. The molecule has 0 bridgehead atoms. The van der Waals surface area contributed by atoms with Gasteiger partial charge in [-0.25, -0.2) is 0 Å². The first-order valence-corrected chi connectivity index (χ1v) is 23.9. The lowest BCUT2D eigenvalue weighted by Gasteiger charge is -2.34. The SMILES string of the molecule is c1ccc(-c2ccc(-c3ccc4ccccc4c3)cc2N(c2ccc(-c3ccc4sc5ccccc5c4c3)cc2)c2cccc3c2-c2ccccc2C3(c2ccccc2)c2ccccc2)cc1. The van der Waals surface area contributed by atoms with Gasteiger partial charge in [0.25, 0.3) is 0 Å². The van der Waals surface area contributed by atoms with E-state index in [0.717, 1.165) is 33.8 Å². The van der Waals surface area contributed by atoms with E-state index in [1.807, 2.05) is 11.3 Å². The summed E-state index contributed by atoms with van der Waals surface area (Å²) in [5.41, 5.74) is 17.4. The summed E-state index contributed by atoms with van der Waals surface area (Å²) >= 11 is 1.86. The van der Waals surface area contributed by atoms with E-state index >= 15 is 0 Å². The van der Waals surface area contributed by atoms with E-state index in [0.29, 0.717) is 0 Å². The lowest BCUT2D eigenvalue weighted by molar-refractivity contribution is 0.768. The summed E-state index contributed by atoms with van der Waals surface area (Å²) in [6.07, 6.45) is 0. The Morgan fingerprint density at radius 3 is 1.69 bits per heavy atom. The number of thiophene rings is 1. The normalized spacial score (nSPS) is 12.6. The standard InChI is InChI=1S/C65H43NS/c1-4-18-46(19-5-1)54-39-35-50(48-32-31-44-17-10-11-20-47(44)41-48)43-61(54)66(53-37-33-45(34-38-53)49-36-40-63-57(42-49)55-25-13-15-30-62(55)67-63)60-29-16-28-59-64(60)56-26-12-14-27-58(56)65(59,51-21-6-2-7-22-51)52-23-8-3-9-24-52/h1-43H. The van der Waals surface area contributed by atoms with Crippen LogP contribution in [0.5, 0.6) is 0 Å². The van der Waals surface area contributed by atoms with Crippen LogP contribution in [0.15, 0.2) is 261 Å². The summed E-state index contributed by atoms with van der Waals surface area (Å²) in [6, 6.07) is 96.6. The van der Waals surface area contributed by atoms with Crippen molar-refractivity contribution in [1.82, 2.24) is 0 Å². The predicted molar refractivity (Wildman–Crippen MR) is 285 cm³/mol. The molecule has 1 aliphatic carbocycles. The number of anilines is 3. The van der Waals surface area contributed by atoms with Crippen LogP contribution in [0.25, 0.3) is 75.5 Å². The number of benzene rings is 11. The van der Waals surface area contributed by atoms with Gasteiger partial charge in [0.05, 0.1) is 16.8 Å². The van der Waals surface area contributed by atoms with Gasteiger partial charge in [-0.2, -0.15) is 0 Å². The molecule has 1 aromatic heterocycles. The van der Waals surface area contributed by atoms with Crippen LogP contribution < -0.4 is 4.90 Å². The molecule has 0 N–H and O–H groups in total. The molecule has 11 aromatic carbocycles. The molecule has 0 saturated carbocycles. The fourth-order valence-corrected chi connectivity index (χ4v) is 12.0. The number of hydrogen-bond acceptors (Lipinski definition) is 2. The fraction of sp³-hybridized carbons (Fsp3) is 0.0154. The minimum atomic E-state index is -0.542. The van der Waals surface area contributed by atoms with Crippen LogP contribution in [0.3, 0.4) is 0 Å². The molecule has 0 aliphatic heterocycles. The van der Waals surface area contributed by atoms with Crippen molar-refractivity contribution in [1.29, 1.82) is 0 Å². The number of nitrogens with zero attached hydrogens (tertiary/aromatic N) is 1. The van der Waals surface area contributed by atoms with Gasteiger partial charge < -0.3 is 4.90 Å². The molecule has 0 amide bonds. The molecule has 13 rings (SSSR count). The molecular weight excluding hydrogens is 827 g/mol. The molecule has 0 saturated heterocycles. The second-order valence-electron chi connectivity index (χ2n) is 17.6. The molecule has 0 spiro atoms. The van der Waals surface area contributed by atoms with Gasteiger partial charge in [0.15, 0.2) is 0 Å². The van der Waals surface area contributed by atoms with Crippen molar-refractivity contribution in [2.45, 2.75) is 5.41 Å². The highest BCUT2D eigenvalue weighted by Gasteiger charge is 2.47. The van der Waals surface area contributed by atoms with Gasteiger partial charge in [-0.05, 0) is 115 Å². The van der Waals surface area contributed by atoms with Crippen molar-refractivity contribution in [3.05, 3.63) is 283 Å². The Morgan fingerprint density at radius 2 is 0.896 bits per heavy atom. The summed E-state index contributed by atoms with van der Waals surface area (Å²) in [6.45, 7) is 0. The first-order chi connectivity index (χ1) is 33.2. The third-order valence-corrected chi connectivity index (χ3v) is 15.1. The lowest BCUT2D eigenvalue weighted by Crippen LogP contribution is -2.28. The van der Waals surface area contributed by atoms with Gasteiger partial charge in [0, 0.05) is 37.0 Å². The molecule has 1 aliphatic rings. The van der Waals surface area contributed by atoms with Crippen molar-refractivity contribution in [2.24, 2.45) is 0 Å². The van der Waals surface area contributed by atoms with Crippen LogP contribution in [0, 0.1) is 0 Å². The van der Waals surface area contributed by atoms with Gasteiger partial charge in [0.2, 0.25) is 0 Å². The molecule has 12 aromatic rings. The second kappa shape index (κ2) is 16.0. The van der Waals surface area contributed by atoms with E-state index in [1.54, 1.807) is 0 Å². The van der Waals surface area contributed by atoms with Crippen molar-refractivity contribution in [3.8, 4) is 44.5 Å². The molecule has 67 heavy (non-hydrogen) atoms. The summed E-state index contributed by atoms with van der Waals surface area (Å²) in [5, 5.41) is 5.08. The average Bonchev–Trinajstić information content (AvgIpc) is 3.93. The molecule has 2 heteroatoms. The van der Waals surface area contributed by atoms with Crippen LogP contribution >= 0.6 is 11.3 Å². The maximum atomic E-state index is 2.54. The highest BCUT2D eigenvalue weighted by molar-refractivity contribution is 7.25. The summed E-state index contributed by atoms with van der Waals surface area (Å²) in [4.78, 5) is 2.54. The maximum Gasteiger partial charge on any atom is 0.0714 e. The smallest absolute Gasteiger partial charge is 0.0714 e. The molecule has 1 nitrogen and oxygen atoms in total. The van der Waals surface area contributed by atoms with Crippen molar-refractivity contribution in [3.63, 3.8) is 0 Å². The predicted octanol–water partition coefficient (Wildman–Crippen LogP) is 18.0. The van der Waals surface area contributed by atoms with Crippen LogP contribution in [0.4, 0.5) is 17.1 Å². The van der Waals surface area contributed by atoms with Crippen molar-refractivity contribution >= 4 is 59.3 Å². The molecular formula is C65H43NS. The third-order valence-electron chi connectivity index (χ3n) is 13.9. The second-order valence-corrected chi connectivity index (χ2v) is 18.7. The molecule has 0 radical (unpaired) electrons. The molecule has 0 atom stereocenters. The number of rotatable bonds is 8. The van der Waals surface area contributed by atoms with Crippen LogP contribution in [0.2, 0.25) is 0 Å². The Morgan fingerprint density at radius 1 is 0.313 bits per heavy atom. The van der Waals surface area contributed by atoms with Gasteiger partial charge in [-0.15, -0.1) is 11.3 Å². The largest absolute Gasteiger partial charge is 0.309 e. The van der Waals surface area contributed by atoms with Crippen LogP contribution in [-0.4, -0.2) is 0 Å². The van der Waals surface area contributed by atoms with Crippen LogP contribution in [-0.2, 0) is 5.41 Å². The molecule has 314 valence electrons. The van der Waals surface area contributed by atoms with Gasteiger partial charge in [0.1, 0.15) is 0 Å². The Balaban J connectivity index is 1.08. The Kier molecular flexibility index (Phi) is 9.33. The van der Waals surface area contributed by atoms with E-state index in [-0.39, 0.29) is 0 Å². The molecule has 0 fully saturated rings. The quantitative estimate of drug-likeness (QED) is 0.147. The van der Waals surface area contributed by atoms with Gasteiger partial charge in [-0.3, -0.25) is 0 Å². The van der Waals surface area contributed by atoms with E-state index in [4.69, 9.17) is 0 Å². The third kappa shape index (κ3) is 6.37. The fourth-order valence-electron chi connectivity index (χ4n) is 10.9. The Labute approximate surface area is 395 Å². The maximum absolute atomic E-state index is 2.54. The lowest BCUT2D eigenvalue weighted by atomic mass is 9.68. The van der Waals surface area contributed by atoms with Gasteiger partial charge >= 0.3 is 0 Å². The van der Waals surface area contributed by atoms with E-state index in [9.17, 15) is 0 Å². The van der Waals surface area contributed by atoms with E-state index < -0.39 is 5.41 Å². The van der Waals surface area contributed by atoms with Crippen LogP contribution in [0.1, 0.15) is 22.3 Å². The summed E-state index contributed by atoms with van der Waals surface area (Å²) in [7, 11) is 0. The summed E-state index contributed by atoms with van der Waals surface area (Å²) < 4.78 is 2.63. The zero-order valence-corrected chi connectivity index (χ0v) is 37.5. The highest BCUT2D eigenvalue weighted by atomic mass is 32.1. The van der Waals surface area contributed by atoms with Gasteiger partial charge in [-0.1, -0.05) is 212 Å². The minimum absolute atomic E-state index is 0.542. The zero-order chi connectivity index (χ0) is 44.3. The van der Waals surface area contributed by atoms with Crippen molar-refractivity contribution in [2.75, 3.05) is 4.90 Å². The highest BCUT2D eigenvalue weighted by Crippen LogP contribution is 2.60. The summed E-state index contributed by atoms with van der Waals surface area (Å²) in [5.74, 6) is 0. The number of hydrogen-bond donors (Lipinski definition) is 0. The van der Waals surface area contributed by atoms with E-state index in [2.05, 4.69) is 266 Å². The monoisotopic (exact) mass is 869 g/mol. The molecule has 1 heterocycles. The topological polar surface area (TPSA) is 3.24 Å². The first kappa shape index (κ1) is 39.1. The number of fused-ring (bicyclic) bond motifs is 7. The average molecular weight is 870 g/mol. The van der Waals surface area contributed by atoms with Crippen molar-refractivity contribution < 1.29 is 0 Å². The molecule has 0 unspecified atom stereocenters. The van der Waals surface area contributed by atoms with E-state index in [1.165, 1.54) is 81.0 Å². The minimum Gasteiger partial charge on any atom is -0.309 e. The Bertz CT molecular complexity index is 3760. The Hall–Kier alpha value is -8.30. The zero-order valence-electron chi connectivity index (χ0n) is 36.7.